The third-order valence-electron chi connectivity index (χ3n) is 5.05. The lowest BCUT2D eigenvalue weighted by Crippen LogP contribution is -2.44. The molecule has 1 aliphatic heterocycles. The molecule has 1 aliphatic rings. The van der Waals surface area contributed by atoms with E-state index in [2.05, 4.69) is 53.9 Å². The van der Waals surface area contributed by atoms with Crippen LogP contribution >= 0.6 is 0 Å². The summed E-state index contributed by atoms with van der Waals surface area (Å²) in [4.78, 5) is 2.59. The smallest absolute Gasteiger partial charge is 0.0513 e. The summed E-state index contributed by atoms with van der Waals surface area (Å²) in [6.07, 6.45) is 6.10. The largest absolute Gasteiger partial charge is 0.347 e. The van der Waals surface area contributed by atoms with E-state index < -0.39 is 0 Å². The van der Waals surface area contributed by atoms with Gasteiger partial charge in [0.25, 0.3) is 0 Å². The topological polar surface area (TPSA) is 20.2 Å². The van der Waals surface area contributed by atoms with Gasteiger partial charge < -0.3 is 14.8 Å². The Kier molecular flexibility index (Phi) is 5.39. The first kappa shape index (κ1) is 16.5. The highest BCUT2D eigenvalue weighted by Crippen LogP contribution is 2.27. The Balaban J connectivity index is 1.85. The first-order valence-corrected chi connectivity index (χ1v) is 9.21. The second-order valence-corrected chi connectivity index (χ2v) is 7.02. The van der Waals surface area contributed by atoms with Gasteiger partial charge in [0.1, 0.15) is 0 Å². The predicted molar refractivity (Wildman–Crippen MR) is 99.3 cm³/mol. The van der Waals surface area contributed by atoms with Crippen molar-refractivity contribution in [2.24, 2.45) is 0 Å². The summed E-state index contributed by atoms with van der Waals surface area (Å²) >= 11 is 0. The van der Waals surface area contributed by atoms with Crippen LogP contribution in [0.5, 0.6) is 0 Å². The van der Waals surface area contributed by atoms with E-state index in [4.69, 9.17) is 0 Å². The fraction of sp³-hybridized carbons (Fsp3) is 0.600. The van der Waals surface area contributed by atoms with Crippen LogP contribution in [0, 0.1) is 13.8 Å². The molecule has 126 valence electrons. The molecular weight excluding hydrogens is 282 g/mol. The molecule has 1 saturated heterocycles. The number of unbranched alkanes of at least 4 members (excludes halogenated alkanes) is 1. The third-order valence-corrected chi connectivity index (χ3v) is 5.05. The van der Waals surface area contributed by atoms with E-state index in [0.717, 1.165) is 19.6 Å². The Morgan fingerprint density at radius 1 is 1.09 bits per heavy atom. The van der Waals surface area contributed by atoms with Crippen LogP contribution in [0.15, 0.2) is 18.3 Å². The van der Waals surface area contributed by atoms with Crippen molar-refractivity contribution >= 4 is 10.9 Å². The van der Waals surface area contributed by atoms with E-state index in [9.17, 15) is 0 Å². The first-order chi connectivity index (χ1) is 11.2. The molecule has 0 spiro atoms. The van der Waals surface area contributed by atoms with Crippen LogP contribution in [-0.2, 0) is 13.0 Å². The third kappa shape index (κ3) is 3.78. The molecule has 3 rings (SSSR count). The van der Waals surface area contributed by atoms with Crippen molar-refractivity contribution in [1.29, 1.82) is 0 Å². The van der Waals surface area contributed by atoms with Gasteiger partial charge in [0.2, 0.25) is 0 Å². The molecule has 0 atom stereocenters. The molecule has 1 fully saturated rings. The van der Waals surface area contributed by atoms with Crippen LogP contribution in [0.3, 0.4) is 0 Å². The van der Waals surface area contributed by atoms with Gasteiger partial charge in [-0.25, -0.2) is 0 Å². The molecule has 23 heavy (non-hydrogen) atoms. The summed E-state index contributed by atoms with van der Waals surface area (Å²) in [5, 5.41) is 4.92. The molecule has 0 amide bonds. The zero-order chi connectivity index (χ0) is 16.2. The lowest BCUT2D eigenvalue weighted by Gasteiger charge is -2.26. The van der Waals surface area contributed by atoms with E-state index in [1.165, 1.54) is 66.5 Å². The summed E-state index contributed by atoms with van der Waals surface area (Å²) in [6, 6.07) is 4.71. The molecule has 1 aromatic heterocycles. The summed E-state index contributed by atoms with van der Waals surface area (Å²) in [6.45, 7) is 13.7. The number of benzene rings is 1. The second-order valence-electron chi connectivity index (χ2n) is 7.02. The molecular formula is C20H31N3. The standard InChI is InChI=1S/C20H31N3/c1-4-5-9-23-15-18(6-10-22-11-7-21-8-12-22)19-14-16(2)13-17(3)20(19)23/h13-15,21H,4-12H2,1-3H3. The number of aromatic nitrogens is 1. The maximum absolute atomic E-state index is 3.44. The lowest BCUT2D eigenvalue weighted by molar-refractivity contribution is 0.244. The van der Waals surface area contributed by atoms with Crippen LogP contribution < -0.4 is 5.32 Å². The normalized spacial score (nSPS) is 16.3. The van der Waals surface area contributed by atoms with Gasteiger partial charge in [-0.1, -0.05) is 25.0 Å². The van der Waals surface area contributed by atoms with Gasteiger partial charge in [-0.2, -0.15) is 0 Å². The van der Waals surface area contributed by atoms with E-state index in [-0.39, 0.29) is 0 Å². The van der Waals surface area contributed by atoms with Crippen molar-refractivity contribution in [3.05, 3.63) is 35.0 Å². The number of fused-ring (bicyclic) bond motifs is 1. The molecule has 3 nitrogen and oxygen atoms in total. The zero-order valence-corrected chi connectivity index (χ0v) is 15.0. The van der Waals surface area contributed by atoms with Crippen LogP contribution in [-0.4, -0.2) is 42.2 Å². The maximum Gasteiger partial charge on any atom is 0.0513 e. The fourth-order valence-corrected chi connectivity index (χ4v) is 3.83. The highest BCUT2D eigenvalue weighted by molar-refractivity contribution is 5.87. The predicted octanol–water partition coefficient (Wildman–Crippen LogP) is 3.51. The minimum atomic E-state index is 1.14. The SMILES string of the molecule is CCCCn1cc(CCN2CCNCC2)c2cc(C)cc(C)c21. The van der Waals surface area contributed by atoms with Gasteiger partial charge in [0.15, 0.2) is 0 Å². The molecule has 2 heterocycles. The number of hydrogen-bond donors (Lipinski definition) is 1. The van der Waals surface area contributed by atoms with Gasteiger partial charge in [-0.05, 0) is 43.9 Å². The van der Waals surface area contributed by atoms with Crippen LogP contribution in [0.2, 0.25) is 0 Å². The summed E-state index contributed by atoms with van der Waals surface area (Å²) < 4.78 is 2.50. The molecule has 0 aliphatic carbocycles. The second kappa shape index (κ2) is 7.50. The van der Waals surface area contributed by atoms with E-state index in [1.807, 2.05) is 0 Å². The Labute approximate surface area is 140 Å². The maximum atomic E-state index is 3.44. The van der Waals surface area contributed by atoms with E-state index in [0.29, 0.717) is 0 Å². The van der Waals surface area contributed by atoms with Crippen molar-refractivity contribution in [1.82, 2.24) is 14.8 Å². The molecule has 0 bridgehead atoms. The Hall–Kier alpha value is -1.32. The number of nitrogens with zero attached hydrogens (tertiary/aromatic N) is 2. The van der Waals surface area contributed by atoms with Gasteiger partial charge in [-0.3, -0.25) is 0 Å². The summed E-state index contributed by atoms with van der Waals surface area (Å²) in [5.41, 5.74) is 5.79. The van der Waals surface area contributed by atoms with Crippen molar-refractivity contribution < 1.29 is 0 Å². The molecule has 0 radical (unpaired) electrons. The van der Waals surface area contributed by atoms with Crippen LogP contribution in [0.4, 0.5) is 0 Å². The highest BCUT2D eigenvalue weighted by Gasteiger charge is 2.14. The summed E-state index contributed by atoms with van der Waals surface area (Å²) in [5.74, 6) is 0. The Morgan fingerprint density at radius 3 is 2.61 bits per heavy atom. The number of hydrogen-bond acceptors (Lipinski definition) is 2. The van der Waals surface area contributed by atoms with Gasteiger partial charge in [0, 0.05) is 50.9 Å². The fourth-order valence-electron chi connectivity index (χ4n) is 3.83. The monoisotopic (exact) mass is 313 g/mol. The van der Waals surface area contributed by atoms with Crippen LogP contribution in [0.25, 0.3) is 10.9 Å². The molecule has 2 aromatic rings. The number of rotatable bonds is 6. The van der Waals surface area contributed by atoms with Gasteiger partial charge in [0.05, 0.1) is 5.52 Å². The molecule has 1 aromatic carbocycles. The first-order valence-electron chi connectivity index (χ1n) is 9.21. The molecule has 3 heteroatoms. The zero-order valence-electron chi connectivity index (χ0n) is 15.0. The molecule has 1 N–H and O–H groups in total. The summed E-state index contributed by atoms with van der Waals surface area (Å²) in [7, 11) is 0. The van der Waals surface area contributed by atoms with Gasteiger partial charge >= 0.3 is 0 Å². The van der Waals surface area contributed by atoms with Crippen molar-refractivity contribution in [3.8, 4) is 0 Å². The number of nitrogens with one attached hydrogen (secondary N) is 1. The van der Waals surface area contributed by atoms with Crippen molar-refractivity contribution in [2.75, 3.05) is 32.7 Å². The highest BCUT2D eigenvalue weighted by atomic mass is 15.2. The number of aryl methyl sites for hydroxylation is 3. The average molecular weight is 313 g/mol. The molecule has 0 unspecified atom stereocenters. The van der Waals surface area contributed by atoms with Crippen LogP contribution in [0.1, 0.15) is 36.5 Å². The Morgan fingerprint density at radius 2 is 1.87 bits per heavy atom. The minimum Gasteiger partial charge on any atom is -0.347 e. The van der Waals surface area contributed by atoms with E-state index >= 15 is 0 Å². The lowest BCUT2D eigenvalue weighted by atomic mass is 10.0. The quantitative estimate of drug-likeness (QED) is 0.881. The average Bonchev–Trinajstić information content (AvgIpc) is 2.90. The Bertz CT molecular complexity index is 650. The van der Waals surface area contributed by atoms with E-state index in [1.54, 1.807) is 0 Å². The van der Waals surface area contributed by atoms with Gasteiger partial charge in [-0.15, -0.1) is 0 Å². The molecule has 0 saturated carbocycles. The minimum absolute atomic E-state index is 1.14. The van der Waals surface area contributed by atoms with Crippen molar-refractivity contribution in [2.45, 2.75) is 46.6 Å². The van der Waals surface area contributed by atoms with Crippen molar-refractivity contribution in [3.63, 3.8) is 0 Å². The number of piperazine rings is 1.